The van der Waals surface area contributed by atoms with Gasteiger partial charge in [0, 0.05) is 32.4 Å². The summed E-state index contributed by atoms with van der Waals surface area (Å²) >= 11 is 0. The predicted molar refractivity (Wildman–Crippen MR) is 110 cm³/mol. The van der Waals surface area contributed by atoms with Gasteiger partial charge in [0.25, 0.3) is 5.91 Å². The molecule has 2 aromatic heterocycles. The second-order valence-electron chi connectivity index (χ2n) is 8.04. The zero-order valence-corrected chi connectivity index (χ0v) is 16.7. The van der Waals surface area contributed by atoms with Gasteiger partial charge in [0.1, 0.15) is 5.52 Å². The Morgan fingerprint density at radius 2 is 1.96 bits per heavy atom. The van der Waals surface area contributed by atoms with Crippen LogP contribution in [0.25, 0.3) is 11.2 Å². The molecule has 146 valence electrons. The molecular formula is C22H27N5O. The molecule has 1 fully saturated rings. The molecule has 0 radical (unpaired) electrons. The lowest BCUT2D eigenvalue weighted by molar-refractivity contribution is 0.0498. The lowest BCUT2D eigenvalue weighted by Crippen LogP contribution is -2.49. The number of aromatic nitrogens is 3. The number of nitrogens with zero attached hydrogens (tertiary/aromatic N) is 5. The third kappa shape index (κ3) is 3.64. The first-order chi connectivity index (χ1) is 13.5. The average Bonchev–Trinajstić information content (AvgIpc) is 3.09. The first kappa shape index (κ1) is 18.6. The van der Waals surface area contributed by atoms with Gasteiger partial charge in [0.15, 0.2) is 5.65 Å². The number of pyridine rings is 1. The van der Waals surface area contributed by atoms with Crippen molar-refractivity contribution in [3.05, 3.63) is 60.0 Å². The van der Waals surface area contributed by atoms with Crippen molar-refractivity contribution in [1.82, 2.24) is 24.3 Å². The molecule has 1 aliphatic heterocycles. The van der Waals surface area contributed by atoms with Crippen LogP contribution < -0.4 is 0 Å². The van der Waals surface area contributed by atoms with E-state index >= 15 is 0 Å². The fraction of sp³-hybridized carbons (Fsp3) is 0.409. The lowest BCUT2D eigenvalue weighted by atomic mass is 10.0. The standard InChI is InChI=1S/C22H27N5O/c1-16(2)13-26-15-24-19-11-18(12-23-21(19)26)22(28)27-10-9-25(3)14-20(27)17-7-5-4-6-8-17/h4-8,11-12,15-16,20H,9-10,13-14H2,1-3H3. The highest BCUT2D eigenvalue weighted by Crippen LogP contribution is 2.27. The maximum Gasteiger partial charge on any atom is 0.256 e. The van der Waals surface area contributed by atoms with E-state index in [0.717, 1.165) is 36.4 Å². The molecule has 1 aliphatic rings. The van der Waals surface area contributed by atoms with Crippen molar-refractivity contribution < 1.29 is 4.79 Å². The van der Waals surface area contributed by atoms with Gasteiger partial charge in [-0.3, -0.25) is 4.79 Å². The lowest BCUT2D eigenvalue weighted by Gasteiger charge is -2.40. The number of rotatable bonds is 4. The van der Waals surface area contributed by atoms with Crippen LogP contribution in [0.1, 0.15) is 35.8 Å². The number of fused-ring (bicyclic) bond motifs is 1. The number of hydrogen-bond acceptors (Lipinski definition) is 4. The van der Waals surface area contributed by atoms with Crippen LogP contribution in [0.5, 0.6) is 0 Å². The van der Waals surface area contributed by atoms with Crippen LogP contribution in [0, 0.1) is 5.92 Å². The summed E-state index contributed by atoms with van der Waals surface area (Å²) in [4.78, 5) is 26.6. The highest BCUT2D eigenvalue weighted by atomic mass is 16.2. The molecule has 6 nitrogen and oxygen atoms in total. The van der Waals surface area contributed by atoms with Crippen LogP contribution in [0.4, 0.5) is 0 Å². The van der Waals surface area contributed by atoms with Gasteiger partial charge in [-0.2, -0.15) is 0 Å². The van der Waals surface area contributed by atoms with E-state index < -0.39 is 0 Å². The molecule has 3 aromatic rings. The van der Waals surface area contributed by atoms with E-state index in [9.17, 15) is 4.79 Å². The molecule has 28 heavy (non-hydrogen) atoms. The van der Waals surface area contributed by atoms with Crippen molar-refractivity contribution in [2.45, 2.75) is 26.4 Å². The summed E-state index contributed by atoms with van der Waals surface area (Å²) < 4.78 is 2.05. The molecule has 0 bridgehead atoms. The van der Waals surface area contributed by atoms with E-state index in [0.29, 0.717) is 18.0 Å². The molecular weight excluding hydrogens is 350 g/mol. The number of benzene rings is 1. The van der Waals surface area contributed by atoms with E-state index in [2.05, 4.69) is 52.5 Å². The second kappa shape index (κ2) is 7.72. The van der Waals surface area contributed by atoms with Gasteiger partial charge in [-0.1, -0.05) is 44.2 Å². The van der Waals surface area contributed by atoms with Crippen molar-refractivity contribution in [1.29, 1.82) is 0 Å². The molecule has 1 atom stereocenters. The summed E-state index contributed by atoms with van der Waals surface area (Å²) in [5.41, 5.74) is 3.38. The Bertz CT molecular complexity index is 965. The summed E-state index contributed by atoms with van der Waals surface area (Å²) in [6.45, 7) is 7.60. The predicted octanol–water partition coefficient (Wildman–Crippen LogP) is 3.22. The number of carbonyl (C=O) groups is 1. The number of amides is 1. The van der Waals surface area contributed by atoms with Crippen LogP contribution in [0.15, 0.2) is 48.9 Å². The van der Waals surface area contributed by atoms with Crippen molar-refractivity contribution in [2.75, 3.05) is 26.7 Å². The molecule has 0 aliphatic carbocycles. The average molecular weight is 377 g/mol. The summed E-state index contributed by atoms with van der Waals surface area (Å²) in [6, 6.07) is 12.2. The first-order valence-corrected chi connectivity index (χ1v) is 9.88. The quantitative estimate of drug-likeness (QED) is 0.701. The van der Waals surface area contributed by atoms with Gasteiger partial charge in [-0.25, -0.2) is 9.97 Å². The fourth-order valence-corrected chi connectivity index (χ4v) is 3.88. The minimum absolute atomic E-state index is 0.0229. The molecule has 1 saturated heterocycles. The van der Waals surface area contributed by atoms with Gasteiger partial charge < -0.3 is 14.4 Å². The number of piperazine rings is 1. The summed E-state index contributed by atoms with van der Waals surface area (Å²) in [5, 5.41) is 0. The summed E-state index contributed by atoms with van der Waals surface area (Å²) in [6.07, 6.45) is 3.51. The van der Waals surface area contributed by atoms with Crippen LogP contribution in [-0.2, 0) is 6.54 Å². The van der Waals surface area contributed by atoms with Gasteiger partial charge >= 0.3 is 0 Å². The molecule has 0 N–H and O–H groups in total. The largest absolute Gasteiger partial charge is 0.329 e. The van der Waals surface area contributed by atoms with Crippen molar-refractivity contribution >= 4 is 17.1 Å². The minimum atomic E-state index is 0.0229. The maximum atomic E-state index is 13.4. The zero-order chi connectivity index (χ0) is 19.7. The first-order valence-electron chi connectivity index (χ1n) is 9.88. The van der Waals surface area contributed by atoms with Crippen LogP contribution in [0.3, 0.4) is 0 Å². The highest BCUT2D eigenvalue weighted by molar-refractivity contribution is 5.96. The van der Waals surface area contributed by atoms with Crippen LogP contribution in [0.2, 0.25) is 0 Å². The van der Waals surface area contributed by atoms with Crippen LogP contribution in [-0.4, -0.2) is 56.9 Å². The molecule has 4 rings (SSSR count). The number of imidazole rings is 1. The Kier molecular flexibility index (Phi) is 5.13. The Labute approximate surface area is 165 Å². The normalized spacial score (nSPS) is 18.1. The molecule has 6 heteroatoms. The fourth-order valence-electron chi connectivity index (χ4n) is 3.88. The van der Waals surface area contributed by atoms with Gasteiger partial charge in [0.05, 0.1) is 17.9 Å². The minimum Gasteiger partial charge on any atom is -0.329 e. The Morgan fingerprint density at radius 1 is 1.18 bits per heavy atom. The Hall–Kier alpha value is -2.73. The summed E-state index contributed by atoms with van der Waals surface area (Å²) in [7, 11) is 2.10. The molecule has 1 unspecified atom stereocenters. The van der Waals surface area contributed by atoms with Crippen molar-refractivity contribution in [2.24, 2.45) is 5.92 Å². The smallest absolute Gasteiger partial charge is 0.256 e. The summed E-state index contributed by atoms with van der Waals surface area (Å²) in [5.74, 6) is 0.534. The molecule has 0 spiro atoms. The third-order valence-electron chi connectivity index (χ3n) is 5.29. The van der Waals surface area contributed by atoms with E-state index in [1.807, 2.05) is 35.5 Å². The van der Waals surface area contributed by atoms with Crippen LogP contribution >= 0.6 is 0 Å². The molecule has 3 heterocycles. The van der Waals surface area contributed by atoms with E-state index in [1.54, 1.807) is 6.20 Å². The van der Waals surface area contributed by atoms with E-state index in [-0.39, 0.29) is 11.9 Å². The Morgan fingerprint density at radius 3 is 2.71 bits per heavy atom. The third-order valence-corrected chi connectivity index (χ3v) is 5.29. The zero-order valence-electron chi connectivity index (χ0n) is 16.7. The van der Waals surface area contributed by atoms with Crippen molar-refractivity contribution in [3.8, 4) is 0 Å². The highest BCUT2D eigenvalue weighted by Gasteiger charge is 2.31. The SMILES string of the molecule is CC(C)Cn1cnc2cc(C(=O)N3CCN(C)CC3c3ccccc3)cnc21. The molecule has 0 saturated carbocycles. The topological polar surface area (TPSA) is 54.3 Å². The number of hydrogen-bond donors (Lipinski definition) is 0. The van der Waals surface area contributed by atoms with Gasteiger partial charge in [-0.15, -0.1) is 0 Å². The van der Waals surface area contributed by atoms with Gasteiger partial charge in [0.2, 0.25) is 0 Å². The van der Waals surface area contributed by atoms with Gasteiger partial charge in [-0.05, 0) is 24.6 Å². The molecule has 1 aromatic carbocycles. The Balaban J connectivity index is 1.63. The maximum absolute atomic E-state index is 13.4. The van der Waals surface area contributed by atoms with E-state index in [4.69, 9.17) is 0 Å². The second-order valence-corrected chi connectivity index (χ2v) is 8.04. The number of carbonyl (C=O) groups excluding carboxylic acids is 1. The number of likely N-dealkylation sites (N-methyl/N-ethyl adjacent to an activating group) is 1. The monoisotopic (exact) mass is 377 g/mol. The molecule has 1 amide bonds. The van der Waals surface area contributed by atoms with Crippen molar-refractivity contribution in [3.63, 3.8) is 0 Å². The van der Waals surface area contributed by atoms with E-state index in [1.165, 1.54) is 0 Å².